The van der Waals surface area contributed by atoms with Crippen molar-refractivity contribution in [2.75, 3.05) is 7.11 Å². The van der Waals surface area contributed by atoms with Crippen LogP contribution in [0.15, 0.2) is 36.4 Å². The van der Waals surface area contributed by atoms with Crippen molar-refractivity contribution < 1.29 is 24.5 Å². The first kappa shape index (κ1) is 23.4. The van der Waals surface area contributed by atoms with E-state index in [9.17, 15) is 19.8 Å². The molecule has 0 saturated carbocycles. The van der Waals surface area contributed by atoms with Crippen LogP contribution >= 0.6 is 11.3 Å². The van der Waals surface area contributed by atoms with Gasteiger partial charge in [-0.15, -0.1) is 11.3 Å². The molecule has 0 radical (unpaired) electrons. The summed E-state index contributed by atoms with van der Waals surface area (Å²) in [6, 6.07) is 10.7. The highest BCUT2D eigenvalue weighted by Gasteiger charge is 2.47. The normalized spacial score (nSPS) is 19.1. The number of nitrogens with one attached hydrogen (secondary N) is 1. The molecule has 3 N–H and O–H groups in total. The average molecular weight is 446 g/mol. The fourth-order valence-electron chi connectivity index (χ4n) is 4.33. The Morgan fingerprint density at radius 2 is 1.97 bits per heavy atom. The Balaban J connectivity index is 1.92. The molecule has 168 valence electrons. The van der Waals surface area contributed by atoms with Crippen LogP contribution in [0.3, 0.4) is 0 Å². The fraction of sp³-hybridized carbons (Fsp3) is 0.500. The largest absolute Gasteiger partial charge is 0.477 e. The van der Waals surface area contributed by atoms with Crippen LogP contribution in [0.1, 0.15) is 83.6 Å². The second-order valence-electron chi connectivity index (χ2n) is 8.05. The number of methoxy groups -OCH3 is 1. The molecule has 2 heterocycles. The summed E-state index contributed by atoms with van der Waals surface area (Å²) in [5.41, 5.74) is 0.677. The predicted octanol–water partition coefficient (Wildman–Crippen LogP) is 4.62. The summed E-state index contributed by atoms with van der Waals surface area (Å²) >= 11 is 1.16. The molecule has 3 atom stereocenters. The monoisotopic (exact) mass is 445 g/mol. The Kier molecular flexibility index (Phi) is 7.86. The highest BCUT2D eigenvalue weighted by atomic mass is 32.1. The number of ether oxygens (including phenoxy) is 1. The van der Waals surface area contributed by atoms with E-state index in [1.54, 1.807) is 19.2 Å². The quantitative estimate of drug-likeness (QED) is 0.439. The van der Waals surface area contributed by atoms with E-state index in [2.05, 4.69) is 12.2 Å². The molecule has 1 amide bonds. The second-order valence-corrected chi connectivity index (χ2v) is 9.14. The molecule has 3 rings (SSSR count). The van der Waals surface area contributed by atoms with Crippen LogP contribution < -0.4 is 5.32 Å². The minimum atomic E-state index is -0.991. The van der Waals surface area contributed by atoms with E-state index in [1.165, 1.54) is 6.42 Å². The van der Waals surface area contributed by atoms with Crippen LogP contribution in [-0.4, -0.2) is 35.2 Å². The van der Waals surface area contributed by atoms with Crippen LogP contribution in [0, 0.1) is 0 Å². The number of carboxylic acids is 1. The highest BCUT2D eigenvalue weighted by molar-refractivity contribution is 7.14. The zero-order valence-corrected chi connectivity index (χ0v) is 18.9. The van der Waals surface area contributed by atoms with E-state index in [0.29, 0.717) is 12.8 Å². The van der Waals surface area contributed by atoms with Gasteiger partial charge in [-0.3, -0.25) is 4.79 Å². The van der Waals surface area contributed by atoms with Gasteiger partial charge in [0.1, 0.15) is 10.5 Å². The van der Waals surface area contributed by atoms with E-state index in [0.717, 1.165) is 53.0 Å². The minimum absolute atomic E-state index is 0.0411. The number of hydrogen-bond acceptors (Lipinski definition) is 5. The van der Waals surface area contributed by atoms with Gasteiger partial charge in [-0.25, -0.2) is 4.79 Å². The van der Waals surface area contributed by atoms with Crippen molar-refractivity contribution in [1.29, 1.82) is 0 Å². The Labute approximate surface area is 187 Å². The topological polar surface area (TPSA) is 95.9 Å². The number of unbranched alkanes of at least 4 members (excludes halogenated alkanes) is 3. The summed E-state index contributed by atoms with van der Waals surface area (Å²) in [4.78, 5) is 24.4. The lowest BCUT2D eigenvalue weighted by Gasteiger charge is -2.37. The zero-order chi connectivity index (χ0) is 22.4. The number of hydrogen-bond donors (Lipinski definition) is 3. The molecule has 7 heteroatoms. The number of rotatable bonds is 11. The van der Waals surface area contributed by atoms with Crippen molar-refractivity contribution in [1.82, 2.24) is 5.32 Å². The summed E-state index contributed by atoms with van der Waals surface area (Å²) in [6.45, 7) is 2.16. The Morgan fingerprint density at radius 3 is 2.52 bits per heavy atom. The minimum Gasteiger partial charge on any atom is -0.477 e. The molecule has 2 unspecified atom stereocenters. The Morgan fingerprint density at radius 1 is 1.23 bits per heavy atom. The number of thiophene rings is 1. The van der Waals surface area contributed by atoms with Gasteiger partial charge in [0.2, 0.25) is 5.91 Å². The van der Waals surface area contributed by atoms with Gasteiger partial charge in [0, 0.05) is 18.4 Å². The first-order valence-electron chi connectivity index (χ1n) is 10.9. The number of aliphatic hydroxyl groups is 1. The van der Waals surface area contributed by atoms with Crippen molar-refractivity contribution >= 4 is 23.2 Å². The zero-order valence-electron chi connectivity index (χ0n) is 18.1. The number of carbonyl (C=O) groups is 2. The van der Waals surface area contributed by atoms with Crippen molar-refractivity contribution in [3.8, 4) is 0 Å². The van der Waals surface area contributed by atoms with Crippen LogP contribution in [0.5, 0.6) is 0 Å². The van der Waals surface area contributed by atoms with Gasteiger partial charge in [-0.05, 0) is 36.1 Å². The van der Waals surface area contributed by atoms with Crippen molar-refractivity contribution in [2.24, 2.45) is 0 Å². The SMILES string of the molecule is CCCCCCC(O)c1ccc([C@](OC)(c2ccc(C(=O)O)s2)C2CCC(=O)N2)cc1. The Hall–Kier alpha value is -2.22. The summed E-state index contributed by atoms with van der Waals surface area (Å²) < 4.78 is 6.07. The molecule has 0 bridgehead atoms. The van der Waals surface area contributed by atoms with Gasteiger partial charge < -0.3 is 20.3 Å². The fourth-order valence-corrected chi connectivity index (χ4v) is 5.42. The smallest absolute Gasteiger partial charge is 0.345 e. The third-order valence-electron chi connectivity index (χ3n) is 6.05. The number of benzene rings is 1. The summed E-state index contributed by atoms with van der Waals surface area (Å²) in [7, 11) is 1.58. The van der Waals surface area contributed by atoms with E-state index >= 15 is 0 Å². The summed E-state index contributed by atoms with van der Waals surface area (Å²) in [5.74, 6) is -1.03. The van der Waals surface area contributed by atoms with Gasteiger partial charge in [0.25, 0.3) is 0 Å². The maximum absolute atomic E-state index is 12.0. The van der Waals surface area contributed by atoms with Gasteiger partial charge in [0.05, 0.1) is 12.1 Å². The van der Waals surface area contributed by atoms with Crippen molar-refractivity contribution in [3.05, 3.63) is 57.3 Å². The molecule has 31 heavy (non-hydrogen) atoms. The van der Waals surface area contributed by atoms with Crippen molar-refractivity contribution in [2.45, 2.75) is 69.6 Å². The number of aliphatic hydroxyl groups excluding tert-OH is 1. The number of carboxylic acid groups (broad SMARTS) is 1. The molecule has 1 aromatic carbocycles. The Bertz CT molecular complexity index is 894. The molecule has 0 aliphatic carbocycles. The third kappa shape index (κ3) is 5.00. The standard InChI is InChI=1S/C24H31NO5S/c1-3-4-5-6-7-18(26)16-8-10-17(11-9-16)24(30-2,20-13-15-22(27)25-20)21-14-12-19(31-21)23(28)29/h8-12,14,18,20,26H,3-7,13,15H2,1-2H3,(H,25,27)(H,28,29)/t18?,20?,24-/m1/s1. The molecule has 6 nitrogen and oxygen atoms in total. The summed E-state index contributed by atoms with van der Waals surface area (Å²) in [6.07, 6.45) is 5.64. The number of amides is 1. The van der Waals surface area contributed by atoms with E-state index in [-0.39, 0.29) is 16.8 Å². The van der Waals surface area contributed by atoms with Gasteiger partial charge in [0.15, 0.2) is 0 Å². The summed E-state index contributed by atoms with van der Waals surface area (Å²) in [5, 5.41) is 22.9. The lowest BCUT2D eigenvalue weighted by Crippen LogP contribution is -2.48. The number of carbonyl (C=O) groups excluding carboxylic acids is 1. The van der Waals surface area contributed by atoms with E-state index in [4.69, 9.17) is 4.74 Å². The maximum Gasteiger partial charge on any atom is 0.345 e. The molecule has 1 aromatic heterocycles. The van der Waals surface area contributed by atoms with Crippen LogP contribution in [0.4, 0.5) is 0 Å². The average Bonchev–Trinajstić information content (AvgIpc) is 3.43. The molecule has 1 fully saturated rings. The molecule has 2 aromatic rings. The van der Waals surface area contributed by atoms with E-state index in [1.807, 2.05) is 24.3 Å². The molecule has 1 aliphatic rings. The van der Waals surface area contributed by atoms with Gasteiger partial charge in [-0.1, -0.05) is 56.9 Å². The second kappa shape index (κ2) is 10.4. The number of aromatic carboxylic acids is 1. The van der Waals surface area contributed by atoms with Gasteiger partial charge >= 0.3 is 5.97 Å². The van der Waals surface area contributed by atoms with Crippen LogP contribution in [0.25, 0.3) is 0 Å². The lowest BCUT2D eigenvalue weighted by molar-refractivity contribution is -0.120. The highest BCUT2D eigenvalue weighted by Crippen LogP contribution is 2.43. The lowest BCUT2D eigenvalue weighted by atomic mass is 9.83. The van der Waals surface area contributed by atoms with Crippen molar-refractivity contribution in [3.63, 3.8) is 0 Å². The van der Waals surface area contributed by atoms with Gasteiger partial charge in [-0.2, -0.15) is 0 Å². The first-order valence-corrected chi connectivity index (χ1v) is 11.7. The van der Waals surface area contributed by atoms with Crippen LogP contribution in [0.2, 0.25) is 0 Å². The molecular weight excluding hydrogens is 414 g/mol. The molecule has 0 spiro atoms. The predicted molar refractivity (Wildman–Crippen MR) is 120 cm³/mol. The maximum atomic E-state index is 12.0. The van der Waals surface area contributed by atoms with Crippen LogP contribution in [-0.2, 0) is 15.1 Å². The molecule has 1 aliphatic heterocycles. The molecule has 1 saturated heterocycles. The third-order valence-corrected chi connectivity index (χ3v) is 7.24. The first-order chi connectivity index (χ1) is 14.9. The van der Waals surface area contributed by atoms with E-state index < -0.39 is 17.7 Å². The molecular formula is C24H31NO5S.